The molecule has 0 radical (unpaired) electrons. The van der Waals surface area contributed by atoms with Crippen molar-refractivity contribution < 1.29 is 14.7 Å². The number of hydrogen-bond donors (Lipinski definition) is 3. The molecule has 2 rings (SSSR count). The highest BCUT2D eigenvalue weighted by Crippen LogP contribution is 2.21. The van der Waals surface area contributed by atoms with E-state index in [1.54, 1.807) is 42.5 Å². The van der Waals surface area contributed by atoms with Crippen molar-refractivity contribution in [2.45, 2.75) is 6.42 Å². The van der Waals surface area contributed by atoms with Crippen LogP contribution in [0.15, 0.2) is 48.5 Å². The maximum atomic E-state index is 11.8. The Balaban J connectivity index is 1.97. The maximum Gasteiger partial charge on any atom is 0.323 e. The fourth-order valence-corrected chi connectivity index (χ4v) is 1.68. The van der Waals surface area contributed by atoms with Gasteiger partial charge in [0.25, 0.3) is 0 Å². The van der Waals surface area contributed by atoms with Crippen LogP contribution in [0, 0.1) is 0 Å². The Hall–Kier alpha value is -2.82. The monoisotopic (exact) mass is 270 g/mol. The van der Waals surface area contributed by atoms with Gasteiger partial charge in [-0.15, -0.1) is 0 Å². The van der Waals surface area contributed by atoms with Gasteiger partial charge in [-0.2, -0.15) is 0 Å². The molecule has 20 heavy (non-hydrogen) atoms. The highest BCUT2D eigenvalue weighted by Gasteiger charge is 2.05. The van der Waals surface area contributed by atoms with Gasteiger partial charge in [0.2, 0.25) is 0 Å². The summed E-state index contributed by atoms with van der Waals surface area (Å²) in [6.45, 7) is 0. The molecule has 0 saturated heterocycles. The first-order valence-corrected chi connectivity index (χ1v) is 6.07. The molecule has 0 heterocycles. The summed E-state index contributed by atoms with van der Waals surface area (Å²) in [5.74, 6) is 0.00369. The van der Waals surface area contributed by atoms with Gasteiger partial charge in [0.1, 0.15) is 12.0 Å². The first-order valence-electron chi connectivity index (χ1n) is 6.07. The van der Waals surface area contributed by atoms with E-state index in [4.69, 9.17) is 0 Å². The van der Waals surface area contributed by atoms with Crippen molar-refractivity contribution in [2.75, 3.05) is 10.6 Å². The Labute approximate surface area is 116 Å². The molecule has 0 spiro atoms. The van der Waals surface area contributed by atoms with E-state index >= 15 is 0 Å². The number of rotatable bonds is 4. The standard InChI is InChI=1S/C15H14N2O3/c18-10-9-11-5-7-12(8-6-11)16-15(20)17-13-3-1-2-4-14(13)19/h1-8,10,19H,9H2,(H2,16,17,20). The third-order valence-electron chi connectivity index (χ3n) is 2.68. The van der Waals surface area contributed by atoms with Gasteiger partial charge in [0, 0.05) is 12.1 Å². The van der Waals surface area contributed by atoms with E-state index in [-0.39, 0.29) is 5.75 Å². The first kappa shape index (κ1) is 13.6. The van der Waals surface area contributed by atoms with Gasteiger partial charge in [0.05, 0.1) is 5.69 Å². The van der Waals surface area contributed by atoms with Crippen LogP contribution in [0.4, 0.5) is 16.2 Å². The van der Waals surface area contributed by atoms with Crippen LogP contribution in [0.2, 0.25) is 0 Å². The quantitative estimate of drug-likeness (QED) is 0.590. The average Bonchev–Trinajstić information content (AvgIpc) is 2.44. The number of hydrogen-bond acceptors (Lipinski definition) is 3. The summed E-state index contributed by atoms with van der Waals surface area (Å²) in [5, 5.41) is 14.7. The number of aldehydes is 1. The van der Waals surface area contributed by atoms with Gasteiger partial charge >= 0.3 is 6.03 Å². The second kappa shape index (κ2) is 6.38. The summed E-state index contributed by atoms with van der Waals surface area (Å²) >= 11 is 0. The minimum absolute atomic E-state index is 0.00369. The minimum Gasteiger partial charge on any atom is -0.506 e. The SMILES string of the molecule is O=CCc1ccc(NC(=O)Nc2ccccc2O)cc1. The molecule has 0 aromatic heterocycles. The lowest BCUT2D eigenvalue weighted by molar-refractivity contribution is -0.107. The van der Waals surface area contributed by atoms with Crippen LogP contribution in [-0.4, -0.2) is 17.4 Å². The zero-order valence-electron chi connectivity index (χ0n) is 10.7. The van der Waals surface area contributed by atoms with Crippen molar-refractivity contribution in [3.8, 4) is 5.75 Å². The Kier molecular flexibility index (Phi) is 4.34. The van der Waals surface area contributed by atoms with Gasteiger partial charge in [0.15, 0.2) is 0 Å². The van der Waals surface area contributed by atoms with Crippen molar-refractivity contribution in [2.24, 2.45) is 0 Å². The fourth-order valence-electron chi connectivity index (χ4n) is 1.68. The average molecular weight is 270 g/mol. The molecule has 102 valence electrons. The molecule has 2 aromatic carbocycles. The van der Waals surface area contributed by atoms with Crippen LogP contribution in [-0.2, 0) is 11.2 Å². The summed E-state index contributed by atoms with van der Waals surface area (Å²) in [4.78, 5) is 22.1. The predicted octanol–water partition coefficient (Wildman–Crippen LogP) is 2.78. The molecule has 0 unspecified atom stereocenters. The maximum absolute atomic E-state index is 11.8. The molecule has 5 heteroatoms. The second-order valence-electron chi connectivity index (χ2n) is 4.16. The first-order chi connectivity index (χ1) is 9.69. The normalized spacial score (nSPS) is 9.80. The number of amides is 2. The summed E-state index contributed by atoms with van der Waals surface area (Å²) in [5.41, 5.74) is 1.82. The van der Waals surface area contributed by atoms with Gasteiger partial charge in [-0.3, -0.25) is 0 Å². The third-order valence-corrected chi connectivity index (χ3v) is 2.68. The summed E-state index contributed by atoms with van der Waals surface area (Å²) in [7, 11) is 0. The van der Waals surface area contributed by atoms with Crippen LogP contribution in [0.1, 0.15) is 5.56 Å². The molecular weight excluding hydrogens is 256 g/mol. The molecule has 0 atom stereocenters. The van der Waals surface area contributed by atoms with Crippen LogP contribution in [0.3, 0.4) is 0 Å². The summed E-state index contributed by atoms with van der Waals surface area (Å²) < 4.78 is 0. The molecule has 0 aliphatic rings. The number of phenolic OH excluding ortho intramolecular Hbond substituents is 1. The molecule has 0 aliphatic heterocycles. The molecule has 2 aromatic rings. The number of urea groups is 1. The Morgan fingerprint density at radius 3 is 2.40 bits per heavy atom. The summed E-state index contributed by atoms with van der Waals surface area (Å²) in [6, 6.07) is 13.0. The van der Waals surface area contributed by atoms with Crippen LogP contribution >= 0.6 is 0 Å². The molecule has 0 aliphatic carbocycles. The molecular formula is C15H14N2O3. The number of benzene rings is 2. The van der Waals surface area contributed by atoms with Crippen molar-refractivity contribution in [1.29, 1.82) is 0 Å². The van der Waals surface area contributed by atoms with Crippen molar-refractivity contribution in [3.05, 3.63) is 54.1 Å². The van der Waals surface area contributed by atoms with E-state index in [0.717, 1.165) is 11.8 Å². The smallest absolute Gasteiger partial charge is 0.323 e. The highest BCUT2D eigenvalue weighted by molar-refractivity contribution is 6.00. The Morgan fingerprint density at radius 1 is 1.05 bits per heavy atom. The second-order valence-corrected chi connectivity index (χ2v) is 4.16. The summed E-state index contributed by atoms with van der Waals surface area (Å²) in [6.07, 6.45) is 1.18. The number of carbonyl (C=O) groups excluding carboxylic acids is 2. The molecule has 2 amide bonds. The lowest BCUT2D eigenvalue weighted by Crippen LogP contribution is -2.19. The van der Waals surface area contributed by atoms with Gasteiger partial charge < -0.3 is 20.5 Å². The topological polar surface area (TPSA) is 78.4 Å². The zero-order valence-corrected chi connectivity index (χ0v) is 10.7. The molecule has 5 nitrogen and oxygen atoms in total. The number of anilines is 2. The number of phenols is 1. The van der Waals surface area contributed by atoms with Crippen LogP contribution < -0.4 is 10.6 Å². The van der Waals surface area contributed by atoms with Gasteiger partial charge in [-0.1, -0.05) is 24.3 Å². The molecule has 3 N–H and O–H groups in total. The highest BCUT2D eigenvalue weighted by atomic mass is 16.3. The van der Waals surface area contributed by atoms with E-state index in [1.807, 2.05) is 0 Å². The van der Waals surface area contributed by atoms with Gasteiger partial charge in [-0.05, 0) is 29.8 Å². The van der Waals surface area contributed by atoms with Crippen molar-refractivity contribution in [1.82, 2.24) is 0 Å². The largest absolute Gasteiger partial charge is 0.506 e. The zero-order chi connectivity index (χ0) is 14.4. The Bertz CT molecular complexity index is 609. The van der Waals surface area contributed by atoms with Crippen LogP contribution in [0.25, 0.3) is 0 Å². The van der Waals surface area contributed by atoms with Crippen molar-refractivity contribution >= 4 is 23.7 Å². The van der Waals surface area contributed by atoms with E-state index in [0.29, 0.717) is 17.8 Å². The fraction of sp³-hybridized carbons (Fsp3) is 0.0667. The number of carbonyl (C=O) groups is 2. The number of nitrogens with one attached hydrogen (secondary N) is 2. The van der Waals surface area contributed by atoms with Crippen molar-refractivity contribution in [3.63, 3.8) is 0 Å². The van der Waals surface area contributed by atoms with Crippen LogP contribution in [0.5, 0.6) is 5.75 Å². The number of para-hydroxylation sites is 2. The predicted molar refractivity (Wildman–Crippen MR) is 77.0 cm³/mol. The molecule has 0 saturated carbocycles. The van der Waals surface area contributed by atoms with E-state index < -0.39 is 6.03 Å². The lowest BCUT2D eigenvalue weighted by Gasteiger charge is -2.09. The minimum atomic E-state index is -0.449. The molecule has 0 bridgehead atoms. The van der Waals surface area contributed by atoms with E-state index in [1.165, 1.54) is 6.07 Å². The van der Waals surface area contributed by atoms with Gasteiger partial charge in [-0.25, -0.2) is 4.79 Å². The lowest BCUT2D eigenvalue weighted by atomic mass is 10.1. The van der Waals surface area contributed by atoms with E-state index in [9.17, 15) is 14.7 Å². The van der Waals surface area contributed by atoms with E-state index in [2.05, 4.69) is 10.6 Å². The third kappa shape index (κ3) is 3.58. The number of aromatic hydroxyl groups is 1. The molecule has 0 fully saturated rings. The Morgan fingerprint density at radius 2 is 1.75 bits per heavy atom.